The Morgan fingerprint density at radius 3 is 2.46 bits per heavy atom. The second-order valence-electron chi connectivity index (χ2n) is 17.9. The molecule has 0 saturated heterocycles. The number of anilines is 1. The Labute approximate surface area is 310 Å². The van der Waals surface area contributed by atoms with Gasteiger partial charge < -0.3 is 30.2 Å². The minimum atomic E-state index is -0.439. The van der Waals surface area contributed by atoms with Crippen molar-refractivity contribution in [3.05, 3.63) is 30.3 Å². The Morgan fingerprint density at radius 2 is 1.77 bits per heavy atom. The van der Waals surface area contributed by atoms with Gasteiger partial charge in [-0.3, -0.25) is 15.1 Å². The average Bonchev–Trinajstić information content (AvgIpc) is 3.46. The SMILES string of the molecule is COC(=O)CC[C@@H](C)[C@H]1CC[C@H]2[C@@H]3[C@H](OC(=O)NC(C)(C)C)CC4C[C@H](NC5=NCCCN5)CC[C@]4(C)[C@H]3C[C@H](OC(=O)Nc3ccccc3)[C@]12C. The number of amides is 2. The molecule has 1 unspecified atom stereocenters. The van der Waals surface area contributed by atoms with E-state index in [0.29, 0.717) is 30.9 Å². The van der Waals surface area contributed by atoms with Gasteiger partial charge in [0.2, 0.25) is 0 Å². The summed E-state index contributed by atoms with van der Waals surface area (Å²) in [6, 6.07) is 9.74. The number of rotatable bonds is 8. The molecule has 0 aromatic heterocycles. The zero-order valence-corrected chi connectivity index (χ0v) is 32.5. The number of nitrogens with one attached hydrogen (secondary N) is 4. The molecule has 0 bridgehead atoms. The lowest BCUT2D eigenvalue weighted by Crippen LogP contribution is -2.64. The minimum absolute atomic E-state index is 0.0154. The molecule has 5 aliphatic rings. The van der Waals surface area contributed by atoms with Gasteiger partial charge in [0.1, 0.15) is 12.2 Å². The highest BCUT2D eigenvalue weighted by molar-refractivity contribution is 5.84. The summed E-state index contributed by atoms with van der Waals surface area (Å²) in [5.74, 6) is 1.94. The number of methoxy groups -OCH3 is 1. The number of fused-ring (bicyclic) bond motifs is 5. The molecule has 1 aromatic carbocycles. The van der Waals surface area contributed by atoms with Crippen LogP contribution < -0.4 is 21.3 Å². The van der Waals surface area contributed by atoms with Crippen LogP contribution in [0.4, 0.5) is 15.3 Å². The number of nitrogens with zero attached hydrogens (tertiary/aromatic N) is 1. The van der Waals surface area contributed by atoms with E-state index < -0.39 is 11.6 Å². The number of carbonyl (C=O) groups is 3. The summed E-state index contributed by atoms with van der Waals surface area (Å²) >= 11 is 0. The third-order valence-corrected chi connectivity index (χ3v) is 13.8. The molecular formula is C41H63N5O6. The first-order valence-electron chi connectivity index (χ1n) is 19.8. The van der Waals surface area contributed by atoms with Crippen LogP contribution in [0, 0.1) is 46.3 Å². The fourth-order valence-electron chi connectivity index (χ4n) is 11.3. The lowest BCUT2D eigenvalue weighted by molar-refractivity contribution is -0.201. The Bertz CT molecular complexity index is 1460. The molecule has 52 heavy (non-hydrogen) atoms. The molecule has 4 N–H and O–H groups in total. The van der Waals surface area contributed by atoms with Gasteiger partial charge in [-0.05, 0) is 126 Å². The quantitative estimate of drug-likeness (QED) is 0.162. The van der Waals surface area contributed by atoms with Gasteiger partial charge in [-0.15, -0.1) is 0 Å². The second-order valence-corrected chi connectivity index (χ2v) is 17.9. The molecule has 11 atom stereocenters. The average molecular weight is 722 g/mol. The molecule has 11 heteroatoms. The fourth-order valence-corrected chi connectivity index (χ4v) is 11.3. The van der Waals surface area contributed by atoms with E-state index in [-0.39, 0.29) is 70.7 Å². The molecule has 0 radical (unpaired) electrons. The molecule has 4 aliphatic carbocycles. The van der Waals surface area contributed by atoms with Crippen molar-refractivity contribution >= 4 is 29.8 Å². The van der Waals surface area contributed by atoms with Crippen molar-refractivity contribution in [1.82, 2.24) is 16.0 Å². The van der Waals surface area contributed by atoms with E-state index in [1.165, 1.54) is 7.11 Å². The van der Waals surface area contributed by atoms with Crippen LogP contribution in [0.5, 0.6) is 0 Å². The topological polar surface area (TPSA) is 139 Å². The number of hydrogen-bond acceptors (Lipinski definition) is 9. The molecule has 288 valence electrons. The summed E-state index contributed by atoms with van der Waals surface area (Å²) in [7, 11) is 1.44. The van der Waals surface area contributed by atoms with Gasteiger partial charge >= 0.3 is 18.2 Å². The third kappa shape index (κ3) is 8.03. The first kappa shape index (κ1) is 38.2. The van der Waals surface area contributed by atoms with E-state index in [2.05, 4.69) is 42.0 Å². The van der Waals surface area contributed by atoms with Crippen LogP contribution in [-0.4, -0.2) is 68.1 Å². The molecule has 1 heterocycles. The summed E-state index contributed by atoms with van der Waals surface area (Å²) < 4.78 is 18.2. The smallest absolute Gasteiger partial charge is 0.411 e. The van der Waals surface area contributed by atoms with Gasteiger partial charge in [-0.1, -0.05) is 39.0 Å². The number of esters is 1. The number of guanidine groups is 1. The Morgan fingerprint density at radius 1 is 1.00 bits per heavy atom. The van der Waals surface area contributed by atoms with E-state index in [1.54, 1.807) is 0 Å². The first-order chi connectivity index (χ1) is 24.7. The zero-order chi connectivity index (χ0) is 37.3. The number of aliphatic imine (C=N–C) groups is 1. The van der Waals surface area contributed by atoms with Crippen molar-refractivity contribution in [2.75, 3.05) is 25.5 Å². The maximum Gasteiger partial charge on any atom is 0.411 e. The third-order valence-electron chi connectivity index (χ3n) is 13.8. The summed E-state index contributed by atoms with van der Waals surface area (Å²) in [4.78, 5) is 44.3. The first-order valence-corrected chi connectivity index (χ1v) is 19.8. The van der Waals surface area contributed by atoms with Gasteiger partial charge in [0, 0.05) is 48.1 Å². The van der Waals surface area contributed by atoms with Gasteiger partial charge in [0.25, 0.3) is 0 Å². The van der Waals surface area contributed by atoms with Crippen LogP contribution >= 0.6 is 0 Å². The molecule has 2 amide bonds. The normalized spacial score (nSPS) is 35.9. The molecular weight excluding hydrogens is 658 g/mol. The molecule has 1 aromatic rings. The van der Waals surface area contributed by atoms with Gasteiger partial charge in [-0.25, -0.2) is 9.59 Å². The minimum Gasteiger partial charge on any atom is -0.469 e. The fraction of sp³-hybridized carbons (Fsp3) is 0.756. The number of benzene rings is 1. The molecule has 11 nitrogen and oxygen atoms in total. The largest absolute Gasteiger partial charge is 0.469 e. The highest BCUT2D eigenvalue weighted by Crippen LogP contribution is 2.69. The lowest BCUT2D eigenvalue weighted by Gasteiger charge is -2.64. The van der Waals surface area contributed by atoms with Crippen molar-refractivity contribution in [1.29, 1.82) is 0 Å². The van der Waals surface area contributed by atoms with Gasteiger partial charge in [0.05, 0.1) is 7.11 Å². The van der Waals surface area contributed by atoms with Crippen molar-refractivity contribution in [2.45, 2.75) is 130 Å². The molecule has 1 aliphatic heterocycles. The van der Waals surface area contributed by atoms with Gasteiger partial charge in [-0.2, -0.15) is 0 Å². The lowest BCUT2D eigenvalue weighted by atomic mass is 9.43. The Kier molecular flexibility index (Phi) is 11.4. The summed E-state index contributed by atoms with van der Waals surface area (Å²) in [6.45, 7) is 14.7. The van der Waals surface area contributed by atoms with Crippen LogP contribution in [0.3, 0.4) is 0 Å². The van der Waals surface area contributed by atoms with E-state index >= 15 is 0 Å². The Balaban J connectivity index is 1.34. The maximum absolute atomic E-state index is 13.7. The molecule has 4 fully saturated rings. The highest BCUT2D eigenvalue weighted by Gasteiger charge is 2.67. The number of hydrogen-bond donors (Lipinski definition) is 4. The number of carbonyl (C=O) groups excluding carboxylic acids is 3. The predicted octanol–water partition coefficient (Wildman–Crippen LogP) is 7.27. The van der Waals surface area contributed by atoms with Gasteiger partial charge in [0.15, 0.2) is 5.96 Å². The van der Waals surface area contributed by atoms with Crippen LogP contribution in [0.25, 0.3) is 0 Å². The monoisotopic (exact) mass is 721 g/mol. The second kappa shape index (κ2) is 15.5. The summed E-state index contributed by atoms with van der Waals surface area (Å²) in [5.41, 5.74) is -0.117. The van der Waals surface area contributed by atoms with E-state index in [1.807, 2.05) is 51.1 Å². The summed E-state index contributed by atoms with van der Waals surface area (Å²) in [6.07, 6.45) is 7.19. The van der Waals surface area contributed by atoms with E-state index in [9.17, 15) is 14.4 Å². The number of alkyl carbamates (subject to hydrolysis) is 1. The predicted molar refractivity (Wildman–Crippen MR) is 202 cm³/mol. The van der Waals surface area contributed by atoms with Crippen molar-refractivity contribution in [3.8, 4) is 0 Å². The highest BCUT2D eigenvalue weighted by atomic mass is 16.6. The molecule has 6 rings (SSSR count). The van der Waals surface area contributed by atoms with E-state index in [0.717, 1.165) is 64.0 Å². The number of para-hydroxylation sites is 1. The standard InChI is InChI=1S/C41H63N5O6/c1-25(14-17-34(47)50-7)29-15-16-30-35-31(24-33(41(29,30)6)52-37(48)45-27-12-9-8-10-13-27)40(5)19-18-28(44-36-42-20-11-21-43-36)22-26(40)23-32(35)51-38(49)46-39(2,3)4/h8-10,12-13,25-26,28-33,35H,11,14-24H2,1-7H3,(H,45,48)(H,46,49)(H2,42,43,44)/t25-,26?,28-,29-,30+,31+,32-,33+,35+,40+,41-/m1/s1. The van der Waals surface area contributed by atoms with Crippen LogP contribution in [0.15, 0.2) is 35.3 Å². The van der Waals surface area contributed by atoms with Crippen LogP contribution in [-0.2, 0) is 19.0 Å². The molecule has 0 spiro atoms. The van der Waals surface area contributed by atoms with Crippen molar-refractivity contribution < 1.29 is 28.6 Å². The van der Waals surface area contributed by atoms with E-state index in [4.69, 9.17) is 19.2 Å². The maximum atomic E-state index is 13.7. The van der Waals surface area contributed by atoms with Crippen LogP contribution in [0.1, 0.15) is 106 Å². The van der Waals surface area contributed by atoms with Crippen LogP contribution in [0.2, 0.25) is 0 Å². The number of ether oxygens (including phenoxy) is 3. The Hall–Kier alpha value is -3.50. The zero-order valence-electron chi connectivity index (χ0n) is 32.5. The summed E-state index contributed by atoms with van der Waals surface area (Å²) in [5, 5.41) is 13.2. The van der Waals surface area contributed by atoms with Crippen molar-refractivity contribution in [3.63, 3.8) is 0 Å². The molecule has 4 saturated carbocycles. The van der Waals surface area contributed by atoms with Crippen molar-refractivity contribution in [2.24, 2.45) is 51.3 Å².